The maximum absolute atomic E-state index is 11.4. The molecule has 0 radical (unpaired) electrons. The number of pyridine rings is 1. The molecule has 6 nitrogen and oxygen atoms in total. The van der Waals surface area contributed by atoms with Crippen LogP contribution in [-0.2, 0) is 9.47 Å². The molecule has 0 bridgehead atoms. The summed E-state index contributed by atoms with van der Waals surface area (Å²) in [6, 6.07) is 1.53. The fraction of sp³-hybridized carbons (Fsp3) is 0.500. The molecule has 3 N–H and O–H groups in total. The van der Waals surface area contributed by atoms with Gasteiger partial charge in [-0.3, -0.25) is 0 Å². The van der Waals surface area contributed by atoms with Crippen molar-refractivity contribution in [1.82, 2.24) is 4.98 Å². The molecule has 1 aromatic rings. The minimum atomic E-state index is -0.470. The summed E-state index contributed by atoms with van der Waals surface area (Å²) >= 11 is 0. The van der Waals surface area contributed by atoms with Gasteiger partial charge in [-0.25, -0.2) is 9.78 Å². The highest BCUT2D eigenvalue weighted by Crippen LogP contribution is 2.20. The quantitative estimate of drug-likeness (QED) is 0.739. The van der Waals surface area contributed by atoms with Crippen LogP contribution >= 0.6 is 0 Å². The average molecular weight is 253 g/mol. The Bertz CT molecular complexity index is 410. The number of nitrogens with one attached hydrogen (secondary N) is 1. The number of hydrogen-bond donors (Lipinski definition) is 2. The third kappa shape index (κ3) is 3.59. The number of anilines is 2. The average Bonchev–Trinajstić information content (AvgIpc) is 2.37. The first-order chi connectivity index (χ1) is 8.60. The lowest BCUT2D eigenvalue weighted by atomic mass is 10.2. The second-order valence-electron chi connectivity index (χ2n) is 4.05. The van der Waals surface area contributed by atoms with Crippen molar-refractivity contribution < 1.29 is 14.3 Å². The Morgan fingerprint density at radius 2 is 2.28 bits per heavy atom. The van der Waals surface area contributed by atoms with E-state index in [1.165, 1.54) is 19.4 Å². The van der Waals surface area contributed by atoms with Gasteiger partial charge in [-0.05, 0) is 12.0 Å². The molecule has 0 aliphatic rings. The topological polar surface area (TPSA) is 86.5 Å². The van der Waals surface area contributed by atoms with E-state index in [4.69, 9.17) is 10.5 Å². The van der Waals surface area contributed by atoms with Crippen LogP contribution in [-0.4, -0.2) is 38.3 Å². The van der Waals surface area contributed by atoms with Crippen LogP contribution in [0.5, 0.6) is 0 Å². The molecule has 6 heteroatoms. The molecule has 0 saturated carbocycles. The molecule has 0 aromatic carbocycles. The Kier molecular flexibility index (Phi) is 5.38. The highest BCUT2D eigenvalue weighted by Gasteiger charge is 2.14. The van der Waals surface area contributed by atoms with Gasteiger partial charge in [-0.15, -0.1) is 0 Å². The highest BCUT2D eigenvalue weighted by molar-refractivity contribution is 5.97. The molecule has 1 aromatic heterocycles. The number of nitrogens with zero attached hydrogens (tertiary/aromatic N) is 1. The number of nitrogens with two attached hydrogens (primary N) is 1. The summed E-state index contributed by atoms with van der Waals surface area (Å²) in [5, 5.41) is 3.09. The van der Waals surface area contributed by atoms with Crippen LogP contribution in [0.4, 0.5) is 11.5 Å². The van der Waals surface area contributed by atoms with Gasteiger partial charge >= 0.3 is 5.97 Å². The lowest BCUT2D eigenvalue weighted by Crippen LogP contribution is -2.18. The Balaban J connectivity index is 2.75. The first-order valence-electron chi connectivity index (χ1n) is 5.65. The maximum Gasteiger partial charge on any atom is 0.340 e. The van der Waals surface area contributed by atoms with Gasteiger partial charge < -0.3 is 20.5 Å². The number of methoxy groups -OCH3 is 2. The van der Waals surface area contributed by atoms with Crippen molar-refractivity contribution in [3.05, 3.63) is 17.8 Å². The van der Waals surface area contributed by atoms with Crippen LogP contribution < -0.4 is 11.1 Å². The van der Waals surface area contributed by atoms with E-state index >= 15 is 0 Å². The van der Waals surface area contributed by atoms with Crippen molar-refractivity contribution in [3.8, 4) is 0 Å². The van der Waals surface area contributed by atoms with E-state index < -0.39 is 5.97 Å². The van der Waals surface area contributed by atoms with Crippen molar-refractivity contribution >= 4 is 17.5 Å². The second kappa shape index (κ2) is 6.80. The van der Waals surface area contributed by atoms with Crippen molar-refractivity contribution in [2.75, 3.05) is 38.4 Å². The Morgan fingerprint density at radius 3 is 2.89 bits per heavy atom. The zero-order valence-electron chi connectivity index (χ0n) is 10.9. The van der Waals surface area contributed by atoms with Crippen molar-refractivity contribution in [2.45, 2.75) is 6.92 Å². The molecule has 100 valence electrons. The van der Waals surface area contributed by atoms with Crippen molar-refractivity contribution in [1.29, 1.82) is 0 Å². The van der Waals surface area contributed by atoms with Gasteiger partial charge in [0.2, 0.25) is 0 Å². The third-order valence-corrected chi connectivity index (χ3v) is 2.46. The summed E-state index contributed by atoms with van der Waals surface area (Å²) in [7, 11) is 2.97. The lowest BCUT2D eigenvalue weighted by molar-refractivity contribution is 0.0602. The van der Waals surface area contributed by atoms with Gasteiger partial charge in [0.25, 0.3) is 0 Å². The molecular weight excluding hydrogens is 234 g/mol. The molecule has 0 spiro atoms. The zero-order valence-corrected chi connectivity index (χ0v) is 10.9. The van der Waals surface area contributed by atoms with E-state index in [9.17, 15) is 4.79 Å². The Morgan fingerprint density at radius 1 is 1.56 bits per heavy atom. The molecule has 18 heavy (non-hydrogen) atoms. The molecule has 0 aliphatic carbocycles. The van der Waals surface area contributed by atoms with Crippen LogP contribution in [0.3, 0.4) is 0 Å². The molecule has 1 heterocycles. The first kappa shape index (κ1) is 14.2. The fourth-order valence-electron chi connectivity index (χ4n) is 1.52. The van der Waals surface area contributed by atoms with Crippen LogP contribution in [0.1, 0.15) is 17.3 Å². The summed E-state index contributed by atoms with van der Waals surface area (Å²) in [6.07, 6.45) is 1.52. The highest BCUT2D eigenvalue weighted by atomic mass is 16.5. The van der Waals surface area contributed by atoms with Gasteiger partial charge in [-0.2, -0.15) is 0 Å². The summed E-state index contributed by atoms with van der Waals surface area (Å²) in [6.45, 7) is 3.34. The molecule has 0 fully saturated rings. The minimum absolute atomic E-state index is 0.300. The van der Waals surface area contributed by atoms with E-state index in [-0.39, 0.29) is 0 Å². The standard InChI is InChI=1S/C12H19N3O3/c1-8(7-17-2)6-15-11-10(13)9(4-5-14-11)12(16)18-3/h4-5,8H,6-7,13H2,1-3H3,(H,14,15). The lowest BCUT2D eigenvalue weighted by Gasteiger charge is -2.14. The normalized spacial score (nSPS) is 11.9. The van der Waals surface area contributed by atoms with E-state index in [0.717, 1.165) is 0 Å². The molecule has 0 saturated heterocycles. The minimum Gasteiger partial charge on any atom is -0.465 e. The largest absolute Gasteiger partial charge is 0.465 e. The van der Waals surface area contributed by atoms with Crippen molar-refractivity contribution in [2.24, 2.45) is 5.92 Å². The molecule has 0 aliphatic heterocycles. The molecule has 1 unspecified atom stereocenters. The number of nitrogen functional groups attached to an aromatic ring is 1. The van der Waals surface area contributed by atoms with Crippen LogP contribution in [0.2, 0.25) is 0 Å². The van der Waals surface area contributed by atoms with E-state index in [0.29, 0.717) is 36.1 Å². The second-order valence-corrected chi connectivity index (χ2v) is 4.05. The van der Waals surface area contributed by atoms with E-state index in [1.807, 2.05) is 6.92 Å². The van der Waals surface area contributed by atoms with Gasteiger partial charge in [0, 0.05) is 19.9 Å². The smallest absolute Gasteiger partial charge is 0.340 e. The number of carbonyl (C=O) groups is 1. The predicted molar refractivity (Wildman–Crippen MR) is 69.5 cm³/mol. The fourth-order valence-corrected chi connectivity index (χ4v) is 1.52. The molecule has 1 atom stereocenters. The number of esters is 1. The molecule has 0 amide bonds. The SMILES string of the molecule is COCC(C)CNc1nccc(C(=O)OC)c1N. The predicted octanol–water partition coefficient (Wildman–Crippen LogP) is 1.14. The van der Waals surface area contributed by atoms with Crippen LogP contribution in [0, 0.1) is 5.92 Å². The third-order valence-electron chi connectivity index (χ3n) is 2.46. The monoisotopic (exact) mass is 253 g/mol. The van der Waals surface area contributed by atoms with Gasteiger partial charge in [-0.1, -0.05) is 6.92 Å². The molecule has 1 rings (SSSR count). The van der Waals surface area contributed by atoms with Gasteiger partial charge in [0.15, 0.2) is 0 Å². The van der Waals surface area contributed by atoms with Gasteiger partial charge in [0.1, 0.15) is 5.82 Å². The van der Waals surface area contributed by atoms with Crippen LogP contribution in [0.15, 0.2) is 12.3 Å². The first-order valence-corrected chi connectivity index (χ1v) is 5.65. The Hall–Kier alpha value is -1.82. The number of hydrogen-bond acceptors (Lipinski definition) is 6. The number of ether oxygens (including phenoxy) is 2. The summed E-state index contributed by atoms with van der Waals surface area (Å²) < 4.78 is 9.68. The van der Waals surface area contributed by atoms with Crippen LogP contribution in [0.25, 0.3) is 0 Å². The summed E-state index contributed by atoms with van der Waals surface area (Å²) in [4.78, 5) is 15.6. The number of aromatic nitrogens is 1. The summed E-state index contributed by atoms with van der Waals surface area (Å²) in [5.74, 6) is 0.335. The molecular formula is C12H19N3O3. The van der Waals surface area contributed by atoms with Crippen molar-refractivity contribution in [3.63, 3.8) is 0 Å². The Labute approximate surface area is 106 Å². The van der Waals surface area contributed by atoms with Gasteiger partial charge in [0.05, 0.1) is 25.0 Å². The zero-order chi connectivity index (χ0) is 13.5. The summed E-state index contributed by atoms with van der Waals surface area (Å²) in [5.41, 5.74) is 6.48. The number of rotatable bonds is 6. The van der Waals surface area contributed by atoms with E-state index in [2.05, 4.69) is 15.0 Å². The number of carbonyl (C=O) groups excluding carboxylic acids is 1. The van der Waals surface area contributed by atoms with E-state index in [1.54, 1.807) is 7.11 Å². The maximum atomic E-state index is 11.4.